The first kappa shape index (κ1) is 18.6. The van der Waals surface area contributed by atoms with Crippen molar-refractivity contribution in [2.24, 2.45) is 10.7 Å². The van der Waals surface area contributed by atoms with Gasteiger partial charge >= 0.3 is 5.97 Å². The predicted octanol–water partition coefficient (Wildman–Crippen LogP) is 3.41. The van der Waals surface area contributed by atoms with Crippen molar-refractivity contribution in [3.05, 3.63) is 64.7 Å². The highest BCUT2D eigenvalue weighted by Crippen LogP contribution is 2.33. The van der Waals surface area contributed by atoms with Crippen LogP contribution in [0.15, 0.2) is 53.7 Å². The number of cyclic esters (lactones) is 1. The van der Waals surface area contributed by atoms with Crippen molar-refractivity contribution in [2.45, 2.75) is 13.5 Å². The van der Waals surface area contributed by atoms with Gasteiger partial charge in [-0.1, -0.05) is 12.1 Å². The average molecular weight is 381 g/mol. The molecule has 0 spiro atoms. The molecular formula is C20H19N3O3S. The highest BCUT2D eigenvalue weighted by Gasteiger charge is 2.24. The molecule has 2 N–H and O–H groups in total. The summed E-state index contributed by atoms with van der Waals surface area (Å²) in [7, 11) is 1.71. The number of hydrogen-bond acceptors (Lipinski definition) is 6. The first-order valence-electron chi connectivity index (χ1n) is 8.25. The smallest absolute Gasteiger partial charge is 0.338 e. The molecule has 27 heavy (non-hydrogen) atoms. The minimum Gasteiger partial charge on any atom is -0.457 e. The summed E-state index contributed by atoms with van der Waals surface area (Å²) in [5.74, 6) is -0.405. The summed E-state index contributed by atoms with van der Waals surface area (Å²) in [6.45, 7) is 5.57. The van der Waals surface area contributed by atoms with Gasteiger partial charge in [0, 0.05) is 22.4 Å². The molecule has 1 aromatic carbocycles. The Morgan fingerprint density at radius 3 is 2.70 bits per heavy atom. The Morgan fingerprint density at radius 2 is 2.04 bits per heavy atom. The molecule has 0 radical (unpaired) electrons. The van der Waals surface area contributed by atoms with E-state index in [4.69, 9.17) is 10.5 Å². The molecule has 7 heteroatoms. The second-order valence-corrected chi connectivity index (χ2v) is 7.04. The molecule has 1 aromatic heterocycles. The van der Waals surface area contributed by atoms with E-state index in [1.807, 2.05) is 31.2 Å². The van der Waals surface area contributed by atoms with Crippen LogP contribution in [0.4, 0.5) is 0 Å². The Labute approximate surface area is 161 Å². The van der Waals surface area contributed by atoms with Gasteiger partial charge in [0.1, 0.15) is 12.3 Å². The second-order valence-electron chi connectivity index (χ2n) is 5.92. The van der Waals surface area contributed by atoms with Crippen LogP contribution >= 0.6 is 11.3 Å². The molecule has 138 valence electrons. The van der Waals surface area contributed by atoms with Gasteiger partial charge in [-0.15, -0.1) is 17.9 Å². The van der Waals surface area contributed by atoms with E-state index in [9.17, 15) is 9.59 Å². The number of carbonyl (C=O) groups is 2. The zero-order valence-corrected chi connectivity index (χ0v) is 15.9. The fraction of sp³-hybridized carbons (Fsp3) is 0.150. The van der Waals surface area contributed by atoms with Gasteiger partial charge in [-0.3, -0.25) is 4.79 Å². The third-order valence-electron chi connectivity index (χ3n) is 4.01. The zero-order valence-electron chi connectivity index (χ0n) is 15.1. The van der Waals surface area contributed by atoms with E-state index in [-0.39, 0.29) is 17.8 Å². The minimum absolute atomic E-state index is 0.200. The summed E-state index contributed by atoms with van der Waals surface area (Å²) in [5, 5.41) is 0. The number of nitrogens with two attached hydrogens (primary N) is 1. The number of hydrogen-bond donors (Lipinski definition) is 1. The summed E-state index contributed by atoms with van der Waals surface area (Å²) in [4.78, 5) is 30.6. The SMILES string of the molecule is C=CC.CN1C(N)=NC(=O)/C1=C\c1ccc(-c2ccc3c(c2)COC3=O)s1. The third-order valence-corrected chi connectivity index (χ3v) is 5.10. The maximum absolute atomic E-state index is 11.8. The Balaban J connectivity index is 0.000000659. The summed E-state index contributed by atoms with van der Waals surface area (Å²) in [6.07, 6.45) is 3.53. The monoisotopic (exact) mass is 381 g/mol. The van der Waals surface area contributed by atoms with Crippen LogP contribution in [0.2, 0.25) is 0 Å². The Bertz CT molecular complexity index is 988. The van der Waals surface area contributed by atoms with Gasteiger partial charge in [0.05, 0.1) is 5.56 Å². The molecule has 0 atom stereocenters. The number of rotatable bonds is 2. The van der Waals surface area contributed by atoms with Crippen molar-refractivity contribution >= 4 is 35.2 Å². The molecule has 0 saturated heterocycles. The number of esters is 1. The lowest BCUT2D eigenvalue weighted by Gasteiger charge is -2.10. The topological polar surface area (TPSA) is 85.0 Å². The molecule has 1 amide bonds. The van der Waals surface area contributed by atoms with Crippen molar-refractivity contribution in [2.75, 3.05) is 7.05 Å². The van der Waals surface area contributed by atoms with Crippen molar-refractivity contribution in [3.63, 3.8) is 0 Å². The maximum atomic E-state index is 11.8. The fourth-order valence-electron chi connectivity index (χ4n) is 2.67. The van der Waals surface area contributed by atoms with Gasteiger partial charge in [0.2, 0.25) is 5.96 Å². The molecule has 2 aromatic rings. The van der Waals surface area contributed by atoms with Crippen LogP contribution in [0.1, 0.15) is 27.7 Å². The molecule has 0 fully saturated rings. The van der Waals surface area contributed by atoms with Crippen LogP contribution in [-0.4, -0.2) is 29.8 Å². The van der Waals surface area contributed by atoms with Crippen molar-refractivity contribution in [1.29, 1.82) is 0 Å². The number of thiophene rings is 1. The lowest BCUT2D eigenvalue weighted by Crippen LogP contribution is -2.28. The van der Waals surface area contributed by atoms with E-state index < -0.39 is 0 Å². The lowest BCUT2D eigenvalue weighted by molar-refractivity contribution is -0.114. The van der Waals surface area contributed by atoms with Gasteiger partial charge in [-0.25, -0.2) is 4.79 Å². The Hall–Kier alpha value is -3.19. The van der Waals surface area contributed by atoms with Crippen molar-refractivity contribution < 1.29 is 14.3 Å². The Morgan fingerprint density at radius 1 is 1.30 bits per heavy atom. The minimum atomic E-state index is -0.335. The van der Waals surface area contributed by atoms with E-state index in [1.54, 1.807) is 41.5 Å². The number of guanidine groups is 1. The summed E-state index contributed by atoms with van der Waals surface area (Å²) in [5.41, 5.74) is 8.65. The van der Waals surface area contributed by atoms with E-state index in [0.717, 1.165) is 20.9 Å². The molecule has 3 heterocycles. The normalized spacial score (nSPS) is 16.6. The van der Waals surface area contributed by atoms with Gasteiger partial charge in [0.25, 0.3) is 5.91 Å². The summed E-state index contributed by atoms with van der Waals surface area (Å²) in [6, 6.07) is 9.59. The van der Waals surface area contributed by atoms with Gasteiger partial charge in [0.15, 0.2) is 0 Å². The standard InChI is InChI=1S/C17H13N3O3S.C3H6/c1-20-13(15(21)19-17(20)18)7-11-3-5-14(24-11)9-2-4-12-10(6-9)8-23-16(12)22;1-3-2/h2-7H,8H2,1H3,(H2,18,19,21);3H,1H2,2H3/b13-7+;. The van der Waals surface area contributed by atoms with E-state index >= 15 is 0 Å². The van der Waals surface area contributed by atoms with Crippen LogP contribution in [-0.2, 0) is 16.1 Å². The number of ether oxygens (including phenoxy) is 1. The highest BCUT2D eigenvalue weighted by molar-refractivity contribution is 7.16. The average Bonchev–Trinajstić information content (AvgIpc) is 3.31. The third kappa shape index (κ3) is 3.68. The molecule has 0 bridgehead atoms. The summed E-state index contributed by atoms with van der Waals surface area (Å²) >= 11 is 1.55. The molecule has 2 aliphatic heterocycles. The van der Waals surface area contributed by atoms with Gasteiger partial charge < -0.3 is 15.4 Å². The second kappa shape index (κ2) is 7.59. The van der Waals surface area contributed by atoms with E-state index in [2.05, 4.69) is 11.6 Å². The Kier molecular flexibility index (Phi) is 5.23. The number of aliphatic imine (C=N–C) groups is 1. The van der Waals surface area contributed by atoms with Gasteiger partial charge in [-0.05, 0) is 42.8 Å². The van der Waals surface area contributed by atoms with Crippen LogP contribution in [0.25, 0.3) is 16.5 Å². The van der Waals surface area contributed by atoms with Crippen molar-refractivity contribution in [3.8, 4) is 10.4 Å². The van der Waals surface area contributed by atoms with Crippen LogP contribution < -0.4 is 5.73 Å². The number of likely N-dealkylation sites (N-methyl/N-ethyl adjacent to an activating group) is 1. The number of carbonyl (C=O) groups excluding carboxylic acids is 2. The largest absolute Gasteiger partial charge is 0.457 e. The molecule has 0 unspecified atom stereocenters. The zero-order chi connectivity index (χ0) is 19.6. The molecule has 2 aliphatic rings. The van der Waals surface area contributed by atoms with Crippen LogP contribution in [0.5, 0.6) is 0 Å². The quantitative estimate of drug-likeness (QED) is 0.490. The lowest BCUT2D eigenvalue weighted by atomic mass is 10.1. The first-order valence-corrected chi connectivity index (χ1v) is 9.07. The number of fused-ring (bicyclic) bond motifs is 1. The predicted molar refractivity (Wildman–Crippen MR) is 107 cm³/mol. The molecular weight excluding hydrogens is 362 g/mol. The molecule has 0 aliphatic carbocycles. The number of benzene rings is 1. The van der Waals surface area contributed by atoms with E-state index in [0.29, 0.717) is 17.9 Å². The first-order chi connectivity index (χ1) is 12.9. The van der Waals surface area contributed by atoms with Crippen LogP contribution in [0, 0.1) is 0 Å². The molecule has 6 nitrogen and oxygen atoms in total. The maximum Gasteiger partial charge on any atom is 0.338 e. The molecule has 0 saturated carbocycles. The number of amides is 1. The van der Waals surface area contributed by atoms with Crippen LogP contribution in [0.3, 0.4) is 0 Å². The van der Waals surface area contributed by atoms with Gasteiger partial charge in [-0.2, -0.15) is 4.99 Å². The number of allylic oxidation sites excluding steroid dienone is 1. The highest BCUT2D eigenvalue weighted by atomic mass is 32.1. The van der Waals surface area contributed by atoms with E-state index in [1.165, 1.54) is 0 Å². The summed E-state index contributed by atoms with van der Waals surface area (Å²) < 4.78 is 5.03. The van der Waals surface area contributed by atoms with Crippen molar-refractivity contribution in [1.82, 2.24) is 4.90 Å². The molecule has 4 rings (SSSR count). The number of nitrogens with zero attached hydrogens (tertiary/aromatic N) is 2. The fourth-order valence-corrected chi connectivity index (χ4v) is 3.61.